The molecule has 0 aromatic heterocycles. The largest absolute Gasteiger partial charge is 0.375 e. The highest BCUT2D eigenvalue weighted by Gasteiger charge is 2.07. The quantitative estimate of drug-likeness (QED) is 0.859. The van der Waals surface area contributed by atoms with Crippen molar-refractivity contribution < 1.29 is 18.7 Å². The molecule has 0 unspecified atom stereocenters. The summed E-state index contributed by atoms with van der Waals surface area (Å²) in [5.41, 5.74) is 1.68. The minimum absolute atomic E-state index is 0.0272. The van der Waals surface area contributed by atoms with E-state index in [0.717, 1.165) is 5.56 Å². The molecule has 0 fully saturated rings. The predicted molar refractivity (Wildman–Crippen MR) is 84.5 cm³/mol. The van der Waals surface area contributed by atoms with Gasteiger partial charge in [0.2, 0.25) is 5.91 Å². The Morgan fingerprint density at radius 1 is 1.13 bits per heavy atom. The second-order valence-electron chi connectivity index (χ2n) is 4.87. The Morgan fingerprint density at radius 2 is 1.91 bits per heavy atom. The Morgan fingerprint density at radius 3 is 2.65 bits per heavy atom. The SMILES string of the molecule is COCC(=O)Nc1cccc(CNC(=O)c2cccc(F)c2)c1. The van der Waals surface area contributed by atoms with E-state index in [1.807, 2.05) is 6.07 Å². The molecule has 5 nitrogen and oxygen atoms in total. The maximum atomic E-state index is 13.1. The first kappa shape index (κ1) is 16.6. The molecular formula is C17H17FN2O3. The number of methoxy groups -OCH3 is 1. The van der Waals surface area contributed by atoms with Crippen molar-refractivity contribution in [1.29, 1.82) is 0 Å². The second kappa shape index (κ2) is 8.05. The number of carbonyl (C=O) groups is 2. The Hall–Kier alpha value is -2.73. The van der Waals surface area contributed by atoms with Crippen LogP contribution in [0.5, 0.6) is 0 Å². The topological polar surface area (TPSA) is 67.4 Å². The van der Waals surface area contributed by atoms with Gasteiger partial charge in [-0.3, -0.25) is 9.59 Å². The molecule has 120 valence electrons. The molecule has 0 aliphatic heterocycles. The third kappa shape index (κ3) is 5.19. The van der Waals surface area contributed by atoms with E-state index in [0.29, 0.717) is 5.69 Å². The number of anilines is 1. The van der Waals surface area contributed by atoms with Crippen molar-refractivity contribution in [2.45, 2.75) is 6.54 Å². The normalized spacial score (nSPS) is 10.2. The monoisotopic (exact) mass is 316 g/mol. The van der Waals surface area contributed by atoms with Crippen molar-refractivity contribution in [3.8, 4) is 0 Å². The van der Waals surface area contributed by atoms with Gasteiger partial charge >= 0.3 is 0 Å². The first-order valence-corrected chi connectivity index (χ1v) is 7.00. The molecule has 0 radical (unpaired) electrons. The van der Waals surface area contributed by atoms with Crippen LogP contribution in [0.2, 0.25) is 0 Å². The third-order valence-corrected chi connectivity index (χ3v) is 3.03. The van der Waals surface area contributed by atoms with Crippen molar-refractivity contribution in [3.05, 3.63) is 65.5 Å². The van der Waals surface area contributed by atoms with Gasteiger partial charge in [0.1, 0.15) is 12.4 Å². The van der Waals surface area contributed by atoms with E-state index in [1.54, 1.807) is 24.3 Å². The Bertz CT molecular complexity index is 704. The smallest absolute Gasteiger partial charge is 0.251 e. The zero-order chi connectivity index (χ0) is 16.7. The molecule has 2 aromatic carbocycles. The molecule has 2 amide bonds. The van der Waals surface area contributed by atoms with Crippen LogP contribution in [0.25, 0.3) is 0 Å². The molecule has 0 saturated carbocycles. The average Bonchev–Trinajstić information content (AvgIpc) is 2.53. The van der Waals surface area contributed by atoms with E-state index < -0.39 is 5.82 Å². The van der Waals surface area contributed by atoms with E-state index in [2.05, 4.69) is 10.6 Å². The summed E-state index contributed by atoms with van der Waals surface area (Å²) < 4.78 is 17.8. The van der Waals surface area contributed by atoms with Gasteiger partial charge in [-0.25, -0.2) is 4.39 Å². The summed E-state index contributed by atoms with van der Waals surface area (Å²) in [6.07, 6.45) is 0. The second-order valence-corrected chi connectivity index (χ2v) is 4.87. The molecule has 0 atom stereocenters. The fourth-order valence-electron chi connectivity index (χ4n) is 2.00. The standard InChI is InChI=1S/C17H17FN2O3/c1-23-11-16(21)20-15-7-2-4-12(8-15)10-19-17(22)13-5-3-6-14(18)9-13/h2-9H,10-11H2,1H3,(H,19,22)(H,20,21). The minimum Gasteiger partial charge on any atom is -0.375 e. The molecular weight excluding hydrogens is 299 g/mol. The molecule has 0 saturated heterocycles. The van der Waals surface area contributed by atoms with Crippen molar-refractivity contribution in [1.82, 2.24) is 5.32 Å². The van der Waals surface area contributed by atoms with Crippen molar-refractivity contribution in [2.75, 3.05) is 19.0 Å². The molecule has 0 spiro atoms. The van der Waals surface area contributed by atoms with E-state index in [-0.39, 0.29) is 30.5 Å². The number of amides is 2. The number of rotatable bonds is 6. The number of hydrogen-bond acceptors (Lipinski definition) is 3. The zero-order valence-corrected chi connectivity index (χ0v) is 12.6. The summed E-state index contributed by atoms with van der Waals surface area (Å²) in [6, 6.07) is 12.6. The molecule has 0 aliphatic carbocycles. The maximum absolute atomic E-state index is 13.1. The number of ether oxygens (including phenoxy) is 1. The molecule has 6 heteroatoms. The highest BCUT2D eigenvalue weighted by atomic mass is 19.1. The Balaban J connectivity index is 1.95. The lowest BCUT2D eigenvalue weighted by molar-refractivity contribution is -0.119. The number of benzene rings is 2. The van der Waals surface area contributed by atoms with Gasteiger partial charge in [0.05, 0.1) is 0 Å². The van der Waals surface area contributed by atoms with Gasteiger partial charge in [-0.05, 0) is 35.9 Å². The van der Waals surface area contributed by atoms with Gasteiger partial charge in [0, 0.05) is 24.9 Å². The van der Waals surface area contributed by atoms with Gasteiger partial charge < -0.3 is 15.4 Å². The Labute approximate surface area is 133 Å². The van der Waals surface area contributed by atoms with Crippen LogP contribution in [0.1, 0.15) is 15.9 Å². The van der Waals surface area contributed by atoms with Crippen LogP contribution in [0, 0.1) is 5.82 Å². The fourth-order valence-corrected chi connectivity index (χ4v) is 2.00. The van der Waals surface area contributed by atoms with Crippen LogP contribution in [-0.4, -0.2) is 25.5 Å². The summed E-state index contributed by atoms with van der Waals surface area (Å²) in [5.74, 6) is -1.08. The molecule has 2 rings (SSSR count). The first-order chi connectivity index (χ1) is 11.1. The fraction of sp³-hybridized carbons (Fsp3) is 0.176. The molecule has 2 aromatic rings. The van der Waals surface area contributed by atoms with Crippen LogP contribution >= 0.6 is 0 Å². The van der Waals surface area contributed by atoms with Crippen molar-refractivity contribution >= 4 is 17.5 Å². The van der Waals surface area contributed by atoms with E-state index in [9.17, 15) is 14.0 Å². The lowest BCUT2D eigenvalue weighted by Gasteiger charge is -2.08. The number of hydrogen-bond donors (Lipinski definition) is 2. The first-order valence-electron chi connectivity index (χ1n) is 7.00. The highest BCUT2D eigenvalue weighted by Crippen LogP contribution is 2.11. The summed E-state index contributed by atoms with van der Waals surface area (Å²) in [7, 11) is 1.44. The molecule has 0 heterocycles. The lowest BCUT2D eigenvalue weighted by Crippen LogP contribution is -2.23. The van der Waals surface area contributed by atoms with Gasteiger partial charge in [0.25, 0.3) is 5.91 Å². The van der Waals surface area contributed by atoms with Crippen LogP contribution in [0.4, 0.5) is 10.1 Å². The number of halogens is 1. The van der Waals surface area contributed by atoms with Crippen LogP contribution < -0.4 is 10.6 Å². The van der Waals surface area contributed by atoms with Gasteiger partial charge in [-0.15, -0.1) is 0 Å². The van der Waals surface area contributed by atoms with Gasteiger partial charge in [0.15, 0.2) is 0 Å². The van der Waals surface area contributed by atoms with Crippen LogP contribution in [0.3, 0.4) is 0 Å². The summed E-state index contributed by atoms with van der Waals surface area (Å²) >= 11 is 0. The van der Waals surface area contributed by atoms with Crippen LogP contribution in [0.15, 0.2) is 48.5 Å². The van der Waals surface area contributed by atoms with Crippen molar-refractivity contribution in [2.24, 2.45) is 0 Å². The highest BCUT2D eigenvalue weighted by molar-refractivity contribution is 5.94. The minimum atomic E-state index is -0.458. The summed E-state index contributed by atoms with van der Waals surface area (Å²) in [5, 5.41) is 5.39. The molecule has 0 bridgehead atoms. The molecule has 0 aliphatic rings. The maximum Gasteiger partial charge on any atom is 0.251 e. The average molecular weight is 316 g/mol. The van der Waals surface area contributed by atoms with E-state index in [4.69, 9.17) is 4.74 Å². The Kier molecular flexibility index (Phi) is 5.82. The van der Waals surface area contributed by atoms with Gasteiger partial charge in [-0.1, -0.05) is 18.2 Å². The van der Waals surface area contributed by atoms with Crippen LogP contribution in [-0.2, 0) is 16.1 Å². The predicted octanol–water partition coefficient (Wildman–Crippen LogP) is 2.34. The number of nitrogens with one attached hydrogen (secondary N) is 2. The summed E-state index contributed by atoms with van der Waals surface area (Å²) in [6.45, 7) is 0.240. The lowest BCUT2D eigenvalue weighted by atomic mass is 10.1. The van der Waals surface area contributed by atoms with Gasteiger partial charge in [-0.2, -0.15) is 0 Å². The van der Waals surface area contributed by atoms with E-state index in [1.165, 1.54) is 25.3 Å². The zero-order valence-electron chi connectivity index (χ0n) is 12.6. The van der Waals surface area contributed by atoms with Crippen molar-refractivity contribution in [3.63, 3.8) is 0 Å². The molecule has 23 heavy (non-hydrogen) atoms. The third-order valence-electron chi connectivity index (χ3n) is 3.03. The number of carbonyl (C=O) groups excluding carboxylic acids is 2. The summed E-state index contributed by atoms with van der Waals surface area (Å²) in [4.78, 5) is 23.4. The molecule has 2 N–H and O–H groups in total. The van der Waals surface area contributed by atoms with E-state index >= 15 is 0 Å².